The Bertz CT molecular complexity index is 623. The second kappa shape index (κ2) is 5.23. The molecule has 96 valence electrons. The molecule has 0 atom stereocenters. The molecule has 2 heterocycles. The molecule has 0 saturated heterocycles. The topological polar surface area (TPSA) is 42.0 Å². The predicted octanol–water partition coefficient (Wildman–Crippen LogP) is 2.87. The molecule has 0 saturated carbocycles. The first kappa shape index (κ1) is 12.5. The first-order valence-electron chi connectivity index (χ1n) is 6.18. The maximum absolute atomic E-state index is 12.2. The number of aromatic nitrogens is 1. The molecule has 1 N–H and O–H groups in total. The Morgan fingerprint density at radius 2 is 2.05 bits per heavy atom. The van der Waals surface area contributed by atoms with Crippen LogP contribution in [0.15, 0.2) is 41.0 Å². The number of carbonyl (C=O) groups excluding carboxylic acids is 1. The van der Waals surface area contributed by atoms with Gasteiger partial charge in [0.25, 0.3) is 0 Å². The Kier molecular flexibility index (Phi) is 3.44. The Labute approximate surface area is 120 Å². The lowest BCUT2D eigenvalue weighted by molar-refractivity contribution is 0.0992. The lowest BCUT2D eigenvalue weighted by atomic mass is 10.0. The first-order chi connectivity index (χ1) is 9.22. The molecule has 0 radical (unpaired) electrons. The molecule has 0 fully saturated rings. The van der Waals surface area contributed by atoms with E-state index in [0.29, 0.717) is 6.42 Å². The summed E-state index contributed by atoms with van der Waals surface area (Å²) in [6, 6.07) is 9.72. The molecule has 2 aromatic rings. The zero-order valence-electron chi connectivity index (χ0n) is 10.3. The number of Topliss-reactive ketones (excluding diaryl/α,β-unsaturated/α-hetero) is 1. The van der Waals surface area contributed by atoms with Crippen LogP contribution in [-0.2, 0) is 19.5 Å². The van der Waals surface area contributed by atoms with E-state index in [1.165, 1.54) is 11.1 Å². The minimum absolute atomic E-state index is 0.115. The number of nitrogens with zero attached hydrogens (tertiary/aromatic N) is 1. The van der Waals surface area contributed by atoms with Crippen molar-refractivity contribution < 1.29 is 4.79 Å². The Morgan fingerprint density at radius 3 is 2.84 bits per heavy atom. The van der Waals surface area contributed by atoms with Gasteiger partial charge in [-0.15, -0.1) is 0 Å². The van der Waals surface area contributed by atoms with Gasteiger partial charge in [0, 0.05) is 35.0 Å². The fourth-order valence-corrected chi connectivity index (χ4v) is 2.48. The smallest absolute Gasteiger partial charge is 0.168 e. The third-order valence-electron chi connectivity index (χ3n) is 3.29. The molecular weight excluding hydrogens is 304 g/mol. The summed E-state index contributed by atoms with van der Waals surface area (Å²) >= 11 is 3.34. The number of benzene rings is 1. The van der Waals surface area contributed by atoms with Gasteiger partial charge in [0.1, 0.15) is 0 Å². The van der Waals surface area contributed by atoms with Crippen LogP contribution >= 0.6 is 15.9 Å². The van der Waals surface area contributed by atoms with Crippen molar-refractivity contribution in [1.82, 2.24) is 10.3 Å². The third-order valence-corrected chi connectivity index (χ3v) is 3.76. The standard InChI is InChI=1S/C15H13BrN2O/c16-13-3-4-14(18-9-13)6-15(19)10-1-2-11-7-17-8-12(11)5-10/h1-5,9,17H,6-8H2. The normalized spacial score (nSPS) is 13.3. The SMILES string of the molecule is O=C(Cc1ccc(Br)cn1)c1ccc2c(c1)CNC2. The van der Waals surface area contributed by atoms with Crippen molar-refractivity contribution in [1.29, 1.82) is 0 Å². The molecule has 3 nitrogen and oxygen atoms in total. The molecule has 1 aromatic heterocycles. The van der Waals surface area contributed by atoms with Crippen molar-refractivity contribution in [2.45, 2.75) is 19.5 Å². The van der Waals surface area contributed by atoms with Gasteiger partial charge in [-0.2, -0.15) is 0 Å². The van der Waals surface area contributed by atoms with E-state index in [1.807, 2.05) is 30.3 Å². The quantitative estimate of drug-likeness (QED) is 0.885. The van der Waals surface area contributed by atoms with Crippen molar-refractivity contribution in [2.24, 2.45) is 0 Å². The molecule has 0 bridgehead atoms. The van der Waals surface area contributed by atoms with Gasteiger partial charge in [-0.05, 0) is 45.3 Å². The van der Waals surface area contributed by atoms with Crippen LogP contribution in [-0.4, -0.2) is 10.8 Å². The first-order valence-corrected chi connectivity index (χ1v) is 6.98. The minimum atomic E-state index is 0.115. The van der Waals surface area contributed by atoms with Crippen LogP contribution in [0.4, 0.5) is 0 Å². The van der Waals surface area contributed by atoms with Gasteiger partial charge >= 0.3 is 0 Å². The van der Waals surface area contributed by atoms with E-state index in [0.717, 1.165) is 28.8 Å². The summed E-state index contributed by atoms with van der Waals surface area (Å²) in [5, 5.41) is 3.28. The van der Waals surface area contributed by atoms with Crippen molar-refractivity contribution in [3.05, 3.63) is 63.4 Å². The molecule has 1 aliphatic rings. The van der Waals surface area contributed by atoms with Crippen molar-refractivity contribution in [3.8, 4) is 0 Å². The molecule has 3 rings (SSSR count). The lowest BCUT2D eigenvalue weighted by Crippen LogP contribution is -2.05. The van der Waals surface area contributed by atoms with Crippen molar-refractivity contribution >= 4 is 21.7 Å². The molecule has 0 amide bonds. The molecule has 1 aromatic carbocycles. The summed E-state index contributed by atoms with van der Waals surface area (Å²) in [6.45, 7) is 1.76. The van der Waals surface area contributed by atoms with Gasteiger partial charge < -0.3 is 5.32 Å². The van der Waals surface area contributed by atoms with Crippen molar-refractivity contribution in [2.75, 3.05) is 0 Å². The summed E-state index contributed by atoms with van der Waals surface area (Å²) in [5.74, 6) is 0.115. The summed E-state index contributed by atoms with van der Waals surface area (Å²) in [7, 11) is 0. The van der Waals surface area contributed by atoms with E-state index in [9.17, 15) is 4.79 Å². The second-order valence-electron chi connectivity index (χ2n) is 4.65. The monoisotopic (exact) mass is 316 g/mol. The van der Waals surface area contributed by atoms with Gasteiger partial charge in [0.15, 0.2) is 5.78 Å². The number of hydrogen-bond acceptors (Lipinski definition) is 3. The van der Waals surface area contributed by atoms with Gasteiger partial charge in [0.05, 0.1) is 6.42 Å². The highest BCUT2D eigenvalue weighted by atomic mass is 79.9. The van der Waals surface area contributed by atoms with E-state index in [2.05, 4.69) is 26.2 Å². The van der Waals surface area contributed by atoms with Gasteiger partial charge in [-0.25, -0.2) is 0 Å². The summed E-state index contributed by atoms with van der Waals surface area (Å²) in [4.78, 5) is 16.5. The highest BCUT2D eigenvalue weighted by Gasteiger charge is 2.14. The second-order valence-corrected chi connectivity index (χ2v) is 5.57. The van der Waals surface area contributed by atoms with Gasteiger partial charge in [0.2, 0.25) is 0 Å². The molecule has 4 heteroatoms. The van der Waals surface area contributed by atoms with Crippen LogP contribution in [0.2, 0.25) is 0 Å². The van der Waals surface area contributed by atoms with E-state index < -0.39 is 0 Å². The Hall–Kier alpha value is -1.52. The van der Waals surface area contributed by atoms with E-state index in [4.69, 9.17) is 0 Å². The maximum Gasteiger partial charge on any atom is 0.168 e. The zero-order chi connectivity index (χ0) is 13.2. The van der Waals surface area contributed by atoms with E-state index in [-0.39, 0.29) is 5.78 Å². The largest absolute Gasteiger partial charge is 0.309 e. The Balaban J connectivity index is 1.78. The number of ketones is 1. The van der Waals surface area contributed by atoms with Crippen molar-refractivity contribution in [3.63, 3.8) is 0 Å². The number of hydrogen-bond donors (Lipinski definition) is 1. The number of halogens is 1. The number of fused-ring (bicyclic) bond motifs is 1. The minimum Gasteiger partial charge on any atom is -0.309 e. The van der Waals surface area contributed by atoms with Gasteiger partial charge in [-0.3, -0.25) is 9.78 Å². The fourth-order valence-electron chi connectivity index (χ4n) is 2.25. The maximum atomic E-state index is 12.2. The average Bonchev–Trinajstić information content (AvgIpc) is 2.88. The lowest BCUT2D eigenvalue weighted by Gasteiger charge is -2.04. The van der Waals surface area contributed by atoms with Crippen LogP contribution in [0.3, 0.4) is 0 Å². The van der Waals surface area contributed by atoms with E-state index >= 15 is 0 Å². The third kappa shape index (κ3) is 2.74. The number of carbonyl (C=O) groups is 1. The van der Waals surface area contributed by atoms with Crippen LogP contribution < -0.4 is 5.32 Å². The number of pyridine rings is 1. The molecule has 19 heavy (non-hydrogen) atoms. The van der Waals surface area contributed by atoms with Crippen LogP contribution in [0.1, 0.15) is 27.2 Å². The molecule has 1 aliphatic heterocycles. The fraction of sp³-hybridized carbons (Fsp3) is 0.200. The number of nitrogens with one attached hydrogen (secondary N) is 1. The predicted molar refractivity (Wildman–Crippen MR) is 77.0 cm³/mol. The van der Waals surface area contributed by atoms with Gasteiger partial charge in [-0.1, -0.05) is 12.1 Å². The van der Waals surface area contributed by atoms with Crippen LogP contribution in [0.5, 0.6) is 0 Å². The highest BCUT2D eigenvalue weighted by molar-refractivity contribution is 9.10. The molecule has 0 spiro atoms. The summed E-state index contributed by atoms with van der Waals surface area (Å²) in [5.41, 5.74) is 4.09. The van der Waals surface area contributed by atoms with E-state index in [1.54, 1.807) is 6.20 Å². The molecule has 0 unspecified atom stereocenters. The highest BCUT2D eigenvalue weighted by Crippen LogP contribution is 2.18. The summed E-state index contributed by atoms with van der Waals surface area (Å²) in [6.07, 6.45) is 2.06. The van der Waals surface area contributed by atoms with Crippen LogP contribution in [0.25, 0.3) is 0 Å². The summed E-state index contributed by atoms with van der Waals surface area (Å²) < 4.78 is 0.923. The molecular formula is C15H13BrN2O. The van der Waals surface area contributed by atoms with Crippen LogP contribution in [0, 0.1) is 0 Å². The zero-order valence-corrected chi connectivity index (χ0v) is 11.9. The molecule has 0 aliphatic carbocycles. The Morgan fingerprint density at radius 1 is 1.21 bits per heavy atom. The average molecular weight is 317 g/mol. The number of rotatable bonds is 3.